The summed E-state index contributed by atoms with van der Waals surface area (Å²) in [5, 5.41) is 13.9. The number of phenolic OH excluding ortho intramolecular Hbond substituents is 1. The number of hydrogen-bond donors (Lipinski definition) is 1. The lowest BCUT2D eigenvalue weighted by Crippen LogP contribution is -2.42. The van der Waals surface area contributed by atoms with E-state index in [1.807, 2.05) is 17.0 Å². The molecular formula is C21H20N4O3. The van der Waals surface area contributed by atoms with E-state index in [0.717, 1.165) is 24.0 Å². The number of aromatic hydroxyl groups is 1. The molecule has 1 saturated carbocycles. The van der Waals surface area contributed by atoms with Crippen LogP contribution in [0.15, 0.2) is 53.7 Å². The van der Waals surface area contributed by atoms with Gasteiger partial charge in [-0.3, -0.25) is 18.8 Å². The van der Waals surface area contributed by atoms with Crippen LogP contribution in [0.3, 0.4) is 0 Å². The molecule has 1 aromatic carbocycles. The average Bonchev–Trinajstić information content (AvgIpc) is 3.32. The number of fused-ring (bicyclic) bond motifs is 2. The maximum absolute atomic E-state index is 13.2. The van der Waals surface area contributed by atoms with Gasteiger partial charge in [-0.25, -0.2) is 0 Å². The minimum absolute atomic E-state index is 0.0419. The normalized spacial score (nSPS) is 16.8. The van der Waals surface area contributed by atoms with Crippen molar-refractivity contribution in [1.82, 2.24) is 19.2 Å². The summed E-state index contributed by atoms with van der Waals surface area (Å²) in [5.41, 5.74) is 3.09. The Morgan fingerprint density at radius 3 is 2.71 bits per heavy atom. The second-order valence-electron chi connectivity index (χ2n) is 7.78. The number of aryl methyl sites for hydroxylation is 1. The molecule has 7 nitrogen and oxygen atoms in total. The third kappa shape index (κ3) is 2.62. The smallest absolute Gasteiger partial charge is 0.255 e. The lowest BCUT2D eigenvalue weighted by atomic mass is 9.86. The van der Waals surface area contributed by atoms with Crippen molar-refractivity contribution in [3.05, 3.63) is 76.0 Å². The van der Waals surface area contributed by atoms with Crippen LogP contribution >= 0.6 is 0 Å². The predicted molar refractivity (Wildman–Crippen MR) is 103 cm³/mol. The summed E-state index contributed by atoms with van der Waals surface area (Å²) < 4.78 is 3.06. The topological polar surface area (TPSA) is 80.4 Å². The molecule has 0 bridgehead atoms. The van der Waals surface area contributed by atoms with Gasteiger partial charge in [0.05, 0.1) is 17.4 Å². The molecule has 7 heteroatoms. The van der Waals surface area contributed by atoms with E-state index >= 15 is 0 Å². The Labute approximate surface area is 161 Å². The molecule has 5 rings (SSSR count). The van der Waals surface area contributed by atoms with Crippen LogP contribution in [0, 0.1) is 0 Å². The van der Waals surface area contributed by atoms with Crippen LogP contribution < -0.4 is 5.56 Å². The maximum atomic E-state index is 13.2. The van der Waals surface area contributed by atoms with E-state index in [1.54, 1.807) is 42.5 Å². The Morgan fingerprint density at radius 1 is 1.18 bits per heavy atom. The van der Waals surface area contributed by atoms with Gasteiger partial charge < -0.3 is 10.0 Å². The molecular weight excluding hydrogens is 356 g/mol. The quantitative estimate of drug-likeness (QED) is 0.742. The molecule has 1 amide bonds. The second-order valence-corrected chi connectivity index (χ2v) is 7.78. The summed E-state index contributed by atoms with van der Waals surface area (Å²) in [6.07, 6.45) is 6.95. The average molecular weight is 376 g/mol. The molecule has 1 fully saturated rings. The summed E-state index contributed by atoms with van der Waals surface area (Å²) in [7, 11) is 1.78. The van der Waals surface area contributed by atoms with E-state index in [2.05, 4.69) is 5.10 Å². The zero-order chi connectivity index (χ0) is 19.5. The SMILES string of the molecule is Cn1cc(-n2cc(C(=O)N3Cc4ccc(O)cc4C4(CC4)C3)ccc2=O)cn1. The molecule has 1 N–H and O–H groups in total. The lowest BCUT2D eigenvalue weighted by molar-refractivity contribution is 0.0708. The summed E-state index contributed by atoms with van der Waals surface area (Å²) >= 11 is 0. The Bertz CT molecular complexity index is 1160. The minimum Gasteiger partial charge on any atom is -0.508 e. The highest BCUT2D eigenvalue weighted by atomic mass is 16.3. The Kier molecular flexibility index (Phi) is 3.49. The number of phenols is 1. The zero-order valence-electron chi connectivity index (χ0n) is 15.5. The molecule has 0 saturated heterocycles. The largest absolute Gasteiger partial charge is 0.508 e. The molecule has 142 valence electrons. The summed E-state index contributed by atoms with van der Waals surface area (Å²) in [6, 6.07) is 8.42. The summed E-state index contributed by atoms with van der Waals surface area (Å²) in [4.78, 5) is 27.3. The molecule has 0 atom stereocenters. The number of amides is 1. The van der Waals surface area contributed by atoms with Crippen molar-refractivity contribution in [2.24, 2.45) is 7.05 Å². The molecule has 0 radical (unpaired) electrons. The van der Waals surface area contributed by atoms with Gasteiger partial charge in [-0.1, -0.05) is 6.07 Å². The number of nitrogens with zero attached hydrogens (tertiary/aromatic N) is 4. The highest BCUT2D eigenvalue weighted by Crippen LogP contribution is 2.53. The number of hydrogen-bond acceptors (Lipinski definition) is 4. The van der Waals surface area contributed by atoms with E-state index in [9.17, 15) is 14.7 Å². The fourth-order valence-corrected chi connectivity index (χ4v) is 4.16. The number of carbonyl (C=O) groups excluding carboxylic acids is 1. The third-order valence-electron chi connectivity index (χ3n) is 5.79. The van der Waals surface area contributed by atoms with Crippen molar-refractivity contribution in [1.29, 1.82) is 0 Å². The maximum Gasteiger partial charge on any atom is 0.255 e. The fraction of sp³-hybridized carbons (Fsp3) is 0.286. The first-order chi connectivity index (χ1) is 13.4. The first-order valence-corrected chi connectivity index (χ1v) is 9.29. The molecule has 3 heterocycles. The predicted octanol–water partition coefficient (Wildman–Crippen LogP) is 1.96. The highest BCUT2D eigenvalue weighted by Gasteiger charge is 2.50. The number of benzene rings is 1. The van der Waals surface area contributed by atoms with Gasteiger partial charge in [0.25, 0.3) is 11.5 Å². The highest BCUT2D eigenvalue weighted by molar-refractivity contribution is 5.94. The summed E-state index contributed by atoms with van der Waals surface area (Å²) in [5.74, 6) is 0.177. The number of carbonyl (C=O) groups is 1. The molecule has 1 aliphatic carbocycles. The lowest BCUT2D eigenvalue weighted by Gasteiger charge is -2.35. The monoisotopic (exact) mass is 376 g/mol. The van der Waals surface area contributed by atoms with Crippen LogP contribution in [0.2, 0.25) is 0 Å². The van der Waals surface area contributed by atoms with Crippen LogP contribution in [0.5, 0.6) is 5.75 Å². The molecule has 0 unspecified atom stereocenters. The van der Waals surface area contributed by atoms with Crippen LogP contribution in [-0.2, 0) is 19.0 Å². The van der Waals surface area contributed by atoms with Gasteiger partial charge in [-0.05, 0) is 42.2 Å². The zero-order valence-corrected chi connectivity index (χ0v) is 15.5. The van der Waals surface area contributed by atoms with Gasteiger partial charge in [0.2, 0.25) is 0 Å². The summed E-state index contributed by atoms with van der Waals surface area (Å²) in [6.45, 7) is 1.14. The van der Waals surface area contributed by atoms with E-state index in [-0.39, 0.29) is 22.6 Å². The van der Waals surface area contributed by atoms with E-state index in [4.69, 9.17) is 0 Å². The minimum atomic E-state index is -0.206. The van der Waals surface area contributed by atoms with Gasteiger partial charge in [0.15, 0.2) is 0 Å². The second kappa shape index (κ2) is 5.82. The standard InChI is InChI=1S/C21H20N4O3/c1-23-12-16(9-22-23)25-11-15(3-5-19(25)27)20(28)24-10-14-2-4-17(26)8-18(14)21(13-24)6-7-21/h2-5,8-9,11-12,26H,6-7,10,13H2,1H3. The van der Waals surface area contributed by atoms with Gasteiger partial charge in [0, 0.05) is 44.0 Å². The number of pyridine rings is 1. The number of aromatic nitrogens is 3. The Balaban J connectivity index is 1.49. The van der Waals surface area contributed by atoms with Gasteiger partial charge in [0.1, 0.15) is 5.75 Å². The molecule has 2 aromatic heterocycles. The van der Waals surface area contributed by atoms with Crippen molar-refractivity contribution in [2.45, 2.75) is 24.8 Å². The van der Waals surface area contributed by atoms with E-state index in [1.165, 1.54) is 10.6 Å². The van der Waals surface area contributed by atoms with Crippen molar-refractivity contribution in [3.63, 3.8) is 0 Å². The van der Waals surface area contributed by atoms with Gasteiger partial charge in [-0.2, -0.15) is 5.10 Å². The van der Waals surface area contributed by atoms with E-state index < -0.39 is 0 Å². The fourth-order valence-electron chi connectivity index (χ4n) is 4.16. The Morgan fingerprint density at radius 2 is 2.00 bits per heavy atom. The molecule has 3 aromatic rings. The molecule has 2 aliphatic rings. The van der Waals surface area contributed by atoms with Crippen molar-refractivity contribution < 1.29 is 9.90 Å². The van der Waals surface area contributed by atoms with Crippen LogP contribution in [0.4, 0.5) is 0 Å². The van der Waals surface area contributed by atoms with Crippen molar-refractivity contribution in [3.8, 4) is 11.4 Å². The van der Waals surface area contributed by atoms with Crippen molar-refractivity contribution in [2.75, 3.05) is 6.54 Å². The van der Waals surface area contributed by atoms with Crippen LogP contribution in [-0.4, -0.2) is 36.8 Å². The van der Waals surface area contributed by atoms with E-state index in [0.29, 0.717) is 24.3 Å². The molecule has 28 heavy (non-hydrogen) atoms. The van der Waals surface area contributed by atoms with Crippen LogP contribution in [0.1, 0.15) is 34.3 Å². The van der Waals surface area contributed by atoms with Crippen molar-refractivity contribution >= 4 is 5.91 Å². The van der Waals surface area contributed by atoms with Gasteiger partial charge >= 0.3 is 0 Å². The van der Waals surface area contributed by atoms with Crippen LogP contribution in [0.25, 0.3) is 5.69 Å². The first-order valence-electron chi connectivity index (χ1n) is 9.29. The third-order valence-corrected chi connectivity index (χ3v) is 5.79. The number of rotatable bonds is 2. The molecule has 1 spiro atoms. The molecule has 1 aliphatic heterocycles. The first kappa shape index (κ1) is 16.8. The Hall–Kier alpha value is -3.35. The van der Waals surface area contributed by atoms with Gasteiger partial charge in [-0.15, -0.1) is 0 Å².